The molecule has 0 fully saturated rings. The molecule has 0 spiro atoms. The Labute approximate surface area is 117 Å². The highest BCUT2D eigenvalue weighted by Gasteiger charge is 2.22. The van der Waals surface area contributed by atoms with Gasteiger partial charge in [0.05, 0.1) is 12.6 Å². The molecule has 3 N–H and O–H groups in total. The summed E-state index contributed by atoms with van der Waals surface area (Å²) in [5, 5.41) is 2.60. The Morgan fingerprint density at radius 1 is 1.26 bits per heavy atom. The van der Waals surface area contributed by atoms with E-state index in [-0.39, 0.29) is 42.5 Å². The number of Topliss-reactive ketones (excluding diaryl/α,β-unsaturated/α-hetero) is 1. The van der Waals surface area contributed by atoms with E-state index in [0.29, 0.717) is 6.42 Å². The van der Waals surface area contributed by atoms with E-state index >= 15 is 0 Å². The van der Waals surface area contributed by atoms with Crippen molar-refractivity contribution in [1.82, 2.24) is 5.32 Å². The number of ketones is 1. The zero-order valence-electron chi connectivity index (χ0n) is 11.8. The van der Waals surface area contributed by atoms with Crippen LogP contribution in [-0.2, 0) is 14.4 Å². The Hall–Kier alpha value is -0.735. The average Bonchev–Trinajstić information content (AvgIpc) is 2.33. The summed E-state index contributed by atoms with van der Waals surface area (Å²) < 4.78 is 0. The number of nitrogens with two attached hydrogens (primary N) is 1. The molecule has 0 heterocycles. The first-order chi connectivity index (χ1) is 8.77. The summed E-state index contributed by atoms with van der Waals surface area (Å²) in [5.74, 6) is -0.233. The van der Waals surface area contributed by atoms with Gasteiger partial charge in [-0.3, -0.25) is 14.4 Å². The van der Waals surface area contributed by atoms with Crippen molar-refractivity contribution in [3.05, 3.63) is 0 Å². The van der Waals surface area contributed by atoms with E-state index < -0.39 is 13.8 Å². The van der Waals surface area contributed by atoms with Gasteiger partial charge in [0.1, 0.15) is 13.1 Å². The van der Waals surface area contributed by atoms with Crippen LogP contribution in [0.2, 0.25) is 0 Å². The molecule has 2 unspecified atom stereocenters. The molecule has 2 atom stereocenters. The molecule has 0 saturated carbocycles. The predicted molar refractivity (Wildman–Crippen MR) is 78.3 cm³/mol. The lowest BCUT2D eigenvalue weighted by atomic mass is 9.98. The summed E-state index contributed by atoms with van der Waals surface area (Å²) >= 11 is 0. The Kier molecular flexibility index (Phi) is 8.86. The first-order valence-electron chi connectivity index (χ1n) is 6.31. The maximum absolute atomic E-state index is 12.0. The van der Waals surface area contributed by atoms with E-state index in [4.69, 9.17) is 13.3 Å². The minimum atomic E-state index is -1.15. The Balaban J connectivity index is 4.45. The van der Waals surface area contributed by atoms with Crippen molar-refractivity contribution >= 4 is 32.6 Å². The minimum absolute atomic E-state index is 0.0863. The van der Waals surface area contributed by atoms with Crippen LogP contribution in [-0.4, -0.2) is 44.0 Å². The van der Waals surface area contributed by atoms with Gasteiger partial charge in [0.15, 0.2) is 5.78 Å². The maximum Gasteiger partial charge on any atom is 0.234 e. The highest BCUT2D eigenvalue weighted by atomic mass is 31.1. The summed E-state index contributed by atoms with van der Waals surface area (Å²) in [6.45, 7) is 5.43. The largest absolute Gasteiger partial charge is 0.345 e. The standard InChI is InChI=1S/C12H22BN2O3P/c1-8(2)6-9(15-11(17)7-14)10(16)4-5-12(18)19(3)13/h8-9H,4-7,14H2,1-3H3,(H,15,17). The first kappa shape index (κ1) is 18.3. The van der Waals surface area contributed by atoms with Gasteiger partial charge in [0, 0.05) is 12.8 Å². The van der Waals surface area contributed by atoms with E-state index in [0.717, 1.165) is 0 Å². The molecule has 7 heteroatoms. The molecular weight excluding hydrogens is 262 g/mol. The predicted octanol–water partition coefficient (Wildman–Crippen LogP) is 0.547. The molecule has 0 aromatic rings. The molecule has 0 aromatic carbocycles. The molecule has 1 amide bonds. The van der Waals surface area contributed by atoms with E-state index in [1.54, 1.807) is 6.66 Å². The molecular formula is C12H22BN2O3P. The lowest BCUT2D eigenvalue weighted by Crippen LogP contribution is -2.44. The molecule has 106 valence electrons. The van der Waals surface area contributed by atoms with Crippen molar-refractivity contribution in [3.63, 3.8) is 0 Å². The van der Waals surface area contributed by atoms with Gasteiger partial charge < -0.3 is 11.1 Å². The smallest absolute Gasteiger partial charge is 0.234 e. The zero-order chi connectivity index (χ0) is 15.0. The fraction of sp³-hybridized carbons (Fsp3) is 0.750. The Morgan fingerprint density at radius 2 is 1.84 bits per heavy atom. The number of nitrogens with one attached hydrogen (secondary N) is 1. The first-order valence-corrected chi connectivity index (χ1v) is 8.17. The fourth-order valence-electron chi connectivity index (χ4n) is 1.58. The maximum atomic E-state index is 12.0. The lowest BCUT2D eigenvalue weighted by Gasteiger charge is -2.19. The van der Waals surface area contributed by atoms with Crippen LogP contribution in [0.5, 0.6) is 0 Å². The van der Waals surface area contributed by atoms with Crippen molar-refractivity contribution in [1.29, 1.82) is 0 Å². The number of hydrogen-bond donors (Lipinski definition) is 2. The number of carbonyl (C=O) groups excluding carboxylic acids is 3. The molecule has 2 radical (unpaired) electrons. The monoisotopic (exact) mass is 284 g/mol. The SMILES string of the molecule is [B]P(C)C(=O)CCC(=O)C(CC(C)C)NC(=O)CN. The van der Waals surface area contributed by atoms with Crippen LogP contribution >= 0.6 is 7.80 Å². The van der Waals surface area contributed by atoms with Crippen LogP contribution in [0.3, 0.4) is 0 Å². The van der Waals surface area contributed by atoms with E-state index in [1.165, 1.54) is 0 Å². The zero-order valence-corrected chi connectivity index (χ0v) is 12.7. The van der Waals surface area contributed by atoms with Crippen LogP contribution in [0.25, 0.3) is 0 Å². The quantitative estimate of drug-likeness (QED) is 0.478. The van der Waals surface area contributed by atoms with Gasteiger partial charge in [-0.15, -0.1) is 0 Å². The second-order valence-corrected chi connectivity index (χ2v) is 6.65. The van der Waals surface area contributed by atoms with Crippen LogP contribution in [0, 0.1) is 5.92 Å². The fourth-order valence-corrected chi connectivity index (χ4v) is 2.04. The van der Waals surface area contributed by atoms with Crippen molar-refractivity contribution in [2.75, 3.05) is 13.2 Å². The van der Waals surface area contributed by atoms with Gasteiger partial charge in [-0.25, -0.2) is 0 Å². The van der Waals surface area contributed by atoms with Gasteiger partial charge in [-0.2, -0.15) is 0 Å². The minimum Gasteiger partial charge on any atom is -0.345 e. The van der Waals surface area contributed by atoms with Gasteiger partial charge in [-0.05, 0) is 19.0 Å². The normalized spacial score (nSPS) is 13.9. The number of carbonyl (C=O) groups is 3. The molecule has 5 nitrogen and oxygen atoms in total. The van der Waals surface area contributed by atoms with Crippen molar-refractivity contribution in [3.8, 4) is 0 Å². The topological polar surface area (TPSA) is 89.3 Å². The Bertz CT molecular complexity index is 335. The highest BCUT2D eigenvalue weighted by Crippen LogP contribution is 2.26. The summed E-state index contributed by atoms with van der Waals surface area (Å²) in [5.41, 5.74) is 5.14. The van der Waals surface area contributed by atoms with Crippen molar-refractivity contribution in [2.45, 2.75) is 39.2 Å². The number of hydrogen-bond acceptors (Lipinski definition) is 4. The molecule has 19 heavy (non-hydrogen) atoms. The molecule has 0 aromatic heterocycles. The number of amides is 1. The lowest BCUT2D eigenvalue weighted by molar-refractivity contribution is -0.128. The average molecular weight is 284 g/mol. The van der Waals surface area contributed by atoms with Gasteiger partial charge in [0.2, 0.25) is 5.91 Å². The second-order valence-electron chi connectivity index (χ2n) is 4.92. The summed E-state index contributed by atoms with van der Waals surface area (Å²) in [4.78, 5) is 34.7. The molecule has 0 bridgehead atoms. The Morgan fingerprint density at radius 3 is 2.26 bits per heavy atom. The summed E-state index contributed by atoms with van der Waals surface area (Å²) in [7, 11) is 4.35. The highest BCUT2D eigenvalue weighted by molar-refractivity contribution is 7.94. The molecule has 0 aliphatic rings. The molecule has 0 aliphatic heterocycles. The third kappa shape index (κ3) is 8.12. The summed E-state index contributed by atoms with van der Waals surface area (Å²) in [6.07, 6.45) is 0.803. The van der Waals surface area contributed by atoms with Crippen LogP contribution < -0.4 is 11.1 Å². The summed E-state index contributed by atoms with van der Waals surface area (Å²) in [6, 6.07) is -0.565. The molecule has 0 saturated heterocycles. The third-order valence-corrected chi connectivity index (χ3v) is 3.61. The number of rotatable bonds is 9. The third-order valence-electron chi connectivity index (χ3n) is 2.60. The van der Waals surface area contributed by atoms with Crippen LogP contribution in [0.4, 0.5) is 0 Å². The van der Waals surface area contributed by atoms with Crippen molar-refractivity contribution in [2.24, 2.45) is 11.7 Å². The van der Waals surface area contributed by atoms with Crippen LogP contribution in [0.1, 0.15) is 33.1 Å². The molecule has 0 rings (SSSR count). The van der Waals surface area contributed by atoms with Gasteiger partial charge in [0.25, 0.3) is 0 Å². The van der Waals surface area contributed by atoms with Gasteiger partial charge >= 0.3 is 0 Å². The van der Waals surface area contributed by atoms with E-state index in [9.17, 15) is 14.4 Å². The van der Waals surface area contributed by atoms with Crippen LogP contribution in [0.15, 0.2) is 0 Å². The van der Waals surface area contributed by atoms with Gasteiger partial charge in [-0.1, -0.05) is 21.6 Å². The van der Waals surface area contributed by atoms with E-state index in [2.05, 4.69) is 5.32 Å². The molecule has 0 aliphatic carbocycles. The van der Waals surface area contributed by atoms with Crippen molar-refractivity contribution < 1.29 is 14.4 Å². The van der Waals surface area contributed by atoms with E-state index in [1.807, 2.05) is 13.8 Å². The second kappa shape index (κ2) is 9.21.